The Morgan fingerprint density at radius 3 is 2.26 bits per heavy atom. The summed E-state index contributed by atoms with van der Waals surface area (Å²) in [7, 11) is -2.21. The molecule has 0 N–H and O–H groups in total. The molecule has 1 unspecified atom stereocenters. The quantitative estimate of drug-likeness (QED) is 0.698. The Morgan fingerprint density at radius 2 is 1.79 bits per heavy atom. The summed E-state index contributed by atoms with van der Waals surface area (Å²) in [6, 6.07) is 8.97. The lowest BCUT2D eigenvalue weighted by Crippen LogP contribution is -2.66. The third kappa shape index (κ3) is 2.89. The van der Waals surface area contributed by atoms with Crippen LogP contribution in [-0.4, -0.2) is 44.5 Å². The van der Waals surface area contributed by atoms with Gasteiger partial charge in [-0.15, -0.1) is 11.8 Å². The summed E-state index contributed by atoms with van der Waals surface area (Å²) in [5, 5.41) is 0. The zero-order valence-corrected chi connectivity index (χ0v) is 15.9. The average Bonchev–Trinajstić information content (AvgIpc) is 3.00. The van der Waals surface area contributed by atoms with Crippen LogP contribution in [0.15, 0.2) is 4.99 Å². The second-order valence-corrected chi connectivity index (χ2v) is 17.4. The van der Waals surface area contributed by atoms with E-state index in [1.807, 2.05) is 11.8 Å². The summed E-state index contributed by atoms with van der Waals surface area (Å²) in [6.45, 7) is 9.79. The van der Waals surface area contributed by atoms with Crippen LogP contribution >= 0.6 is 11.8 Å². The van der Waals surface area contributed by atoms with Crippen molar-refractivity contribution in [3.63, 3.8) is 0 Å². The van der Waals surface area contributed by atoms with Crippen LogP contribution in [0.2, 0.25) is 36.3 Å². The maximum absolute atomic E-state index is 4.81. The van der Waals surface area contributed by atoms with Gasteiger partial charge in [-0.2, -0.15) is 0 Å². The highest BCUT2D eigenvalue weighted by atomic mass is 32.2. The highest BCUT2D eigenvalue weighted by Crippen LogP contribution is 2.41. The molecule has 1 atom stereocenters. The predicted molar refractivity (Wildman–Crippen MR) is 94.5 cm³/mol. The van der Waals surface area contributed by atoms with Gasteiger partial charge in [-0.3, -0.25) is 4.99 Å². The van der Waals surface area contributed by atoms with Gasteiger partial charge in [0.2, 0.25) is 0 Å². The lowest BCUT2D eigenvalue weighted by Gasteiger charge is -2.53. The minimum atomic E-state index is -1.21. The fraction of sp³-hybridized carbons (Fsp3) is 0.929. The van der Waals surface area contributed by atoms with Gasteiger partial charge in [-0.25, -0.2) is 0 Å². The molecular weight excluding hydrogens is 284 g/mol. The second-order valence-electron chi connectivity index (χ2n) is 6.33. The van der Waals surface area contributed by atoms with Gasteiger partial charge in [0, 0.05) is 5.75 Å². The summed E-state index contributed by atoms with van der Waals surface area (Å²) in [4.78, 5) is 4.81. The van der Waals surface area contributed by atoms with Crippen molar-refractivity contribution in [2.45, 2.75) is 70.1 Å². The van der Waals surface area contributed by atoms with Gasteiger partial charge in [0.05, 0.1) is 13.6 Å². The van der Waals surface area contributed by atoms with E-state index in [0.29, 0.717) is 6.17 Å². The van der Waals surface area contributed by atoms with E-state index >= 15 is 0 Å². The van der Waals surface area contributed by atoms with Crippen molar-refractivity contribution in [2.75, 3.05) is 11.9 Å². The van der Waals surface area contributed by atoms with E-state index in [9.17, 15) is 0 Å². The third-order valence-corrected chi connectivity index (χ3v) is 18.4. The second kappa shape index (κ2) is 6.45. The van der Waals surface area contributed by atoms with Crippen molar-refractivity contribution >= 4 is 33.6 Å². The first kappa shape index (κ1) is 15.8. The molecule has 2 nitrogen and oxygen atoms in total. The lowest BCUT2D eigenvalue weighted by atomic mass is 10.6. The molecule has 0 aromatic heterocycles. The van der Waals surface area contributed by atoms with Gasteiger partial charge >= 0.3 is 0 Å². The smallest absolute Gasteiger partial charge is 0.129 e. The zero-order chi connectivity index (χ0) is 13.9. The standard InChI is InChI=1S/C14H30N2SSi2/c1-5-18(6-2)9-10-19(7-3,8-4)16(13-18)14-11-17-12-15-14/h12,14H,5-11,13H2,1-4H3. The number of hydrogen-bond acceptors (Lipinski definition) is 3. The molecule has 2 heterocycles. The van der Waals surface area contributed by atoms with Crippen LogP contribution in [0.1, 0.15) is 27.7 Å². The first-order valence-electron chi connectivity index (χ1n) is 8.05. The molecule has 0 saturated carbocycles. The van der Waals surface area contributed by atoms with E-state index in [1.54, 1.807) is 12.1 Å². The molecule has 19 heavy (non-hydrogen) atoms. The first-order chi connectivity index (χ1) is 9.15. The average molecular weight is 315 g/mol. The minimum absolute atomic E-state index is 0.529. The molecule has 1 saturated heterocycles. The van der Waals surface area contributed by atoms with Crippen LogP contribution in [-0.2, 0) is 0 Å². The van der Waals surface area contributed by atoms with Crippen molar-refractivity contribution in [2.24, 2.45) is 4.99 Å². The van der Waals surface area contributed by atoms with Crippen LogP contribution in [0.4, 0.5) is 0 Å². The van der Waals surface area contributed by atoms with Gasteiger partial charge in [0.25, 0.3) is 0 Å². The molecule has 1 fully saturated rings. The third-order valence-electron chi connectivity index (χ3n) is 5.96. The lowest BCUT2D eigenvalue weighted by molar-refractivity contribution is 0.374. The Hall–Kier alpha value is 0.414. The molecule has 0 amide bonds. The molecule has 0 bridgehead atoms. The highest BCUT2D eigenvalue weighted by molar-refractivity contribution is 8.12. The molecule has 0 aromatic carbocycles. The molecule has 5 heteroatoms. The monoisotopic (exact) mass is 314 g/mol. The summed E-state index contributed by atoms with van der Waals surface area (Å²) < 4.78 is 2.98. The number of hydrogen-bond donors (Lipinski definition) is 0. The molecule has 0 aliphatic carbocycles. The van der Waals surface area contributed by atoms with Gasteiger partial charge < -0.3 is 4.57 Å². The normalized spacial score (nSPS) is 29.8. The SMILES string of the molecule is CC[Si]1(CC)CC[Si](CC)(CC)N(C2CSC=N2)C1. The Balaban J connectivity index is 2.25. The summed E-state index contributed by atoms with van der Waals surface area (Å²) in [6.07, 6.45) is 1.98. The van der Waals surface area contributed by atoms with E-state index in [0.717, 1.165) is 0 Å². The predicted octanol–water partition coefficient (Wildman–Crippen LogP) is 4.42. The molecule has 0 spiro atoms. The molecule has 110 valence electrons. The van der Waals surface area contributed by atoms with Crippen molar-refractivity contribution in [1.29, 1.82) is 0 Å². The van der Waals surface area contributed by atoms with E-state index in [4.69, 9.17) is 4.99 Å². The topological polar surface area (TPSA) is 15.6 Å². The van der Waals surface area contributed by atoms with Gasteiger partial charge in [-0.05, 0) is 24.3 Å². The molecule has 0 radical (unpaired) electrons. The number of thioether (sulfide) groups is 1. The van der Waals surface area contributed by atoms with Crippen LogP contribution in [0.5, 0.6) is 0 Å². The maximum Gasteiger partial charge on any atom is 0.129 e. The van der Waals surface area contributed by atoms with Crippen LogP contribution in [0.25, 0.3) is 0 Å². The summed E-state index contributed by atoms with van der Waals surface area (Å²) >= 11 is 1.92. The van der Waals surface area contributed by atoms with Crippen molar-refractivity contribution in [3.05, 3.63) is 0 Å². The Kier molecular flexibility index (Phi) is 5.37. The Morgan fingerprint density at radius 1 is 1.11 bits per heavy atom. The van der Waals surface area contributed by atoms with E-state index in [1.165, 1.54) is 36.1 Å². The van der Waals surface area contributed by atoms with Crippen LogP contribution < -0.4 is 0 Å². The van der Waals surface area contributed by atoms with Crippen LogP contribution in [0.3, 0.4) is 0 Å². The first-order valence-corrected chi connectivity index (χ1v) is 14.5. The van der Waals surface area contributed by atoms with Crippen LogP contribution in [0, 0.1) is 0 Å². The molecule has 2 aliphatic heterocycles. The number of rotatable bonds is 5. The fourth-order valence-electron chi connectivity index (χ4n) is 3.96. The zero-order valence-electron chi connectivity index (χ0n) is 13.1. The Labute approximate surface area is 125 Å². The molecular formula is C14H30N2SSi2. The maximum atomic E-state index is 4.81. The molecule has 2 aliphatic rings. The number of aliphatic imine (C=N–C) groups is 1. The van der Waals surface area contributed by atoms with Gasteiger partial charge in [-0.1, -0.05) is 45.8 Å². The number of nitrogens with zero attached hydrogens (tertiary/aromatic N) is 2. The van der Waals surface area contributed by atoms with Gasteiger partial charge in [0.15, 0.2) is 0 Å². The molecule has 0 aromatic rings. The van der Waals surface area contributed by atoms with Crippen molar-refractivity contribution in [3.8, 4) is 0 Å². The summed E-state index contributed by atoms with van der Waals surface area (Å²) in [5.41, 5.74) is 2.10. The van der Waals surface area contributed by atoms with Crippen molar-refractivity contribution < 1.29 is 0 Å². The van der Waals surface area contributed by atoms with Gasteiger partial charge in [0.1, 0.15) is 14.4 Å². The van der Waals surface area contributed by atoms with E-state index in [2.05, 4.69) is 37.8 Å². The van der Waals surface area contributed by atoms with E-state index < -0.39 is 16.3 Å². The largest absolute Gasteiger partial charge is 0.305 e. The van der Waals surface area contributed by atoms with E-state index in [-0.39, 0.29) is 0 Å². The highest BCUT2D eigenvalue weighted by Gasteiger charge is 2.49. The molecule has 2 rings (SSSR count). The summed E-state index contributed by atoms with van der Waals surface area (Å²) in [5.74, 6) is 1.21. The minimum Gasteiger partial charge on any atom is -0.305 e. The fourth-order valence-corrected chi connectivity index (χ4v) is 17.0. The Bertz CT molecular complexity index is 327. The van der Waals surface area contributed by atoms with Crippen molar-refractivity contribution in [1.82, 2.24) is 4.57 Å².